The lowest BCUT2D eigenvalue weighted by Gasteiger charge is -1.83. The highest BCUT2D eigenvalue weighted by Gasteiger charge is 1.99. The average Bonchev–Trinajstić information content (AvgIpc) is 2.31. The fourth-order valence-corrected chi connectivity index (χ4v) is 1.09. The first kappa shape index (κ1) is 6.36. The van der Waals surface area contributed by atoms with Crippen LogP contribution in [0.4, 0.5) is 0 Å². The first-order valence-electron chi connectivity index (χ1n) is 2.98. The van der Waals surface area contributed by atoms with Gasteiger partial charge in [-0.3, -0.25) is 4.98 Å². The monoisotopic (exact) mass is 168 g/mol. The van der Waals surface area contributed by atoms with Crippen LogP contribution in [0.25, 0.3) is 11.2 Å². The SMILES string of the molecule is O=c1[nH]c2[nH]ccc(=S)c2o1. The van der Waals surface area contributed by atoms with E-state index in [0.29, 0.717) is 15.7 Å². The van der Waals surface area contributed by atoms with E-state index in [4.69, 9.17) is 16.6 Å². The largest absolute Gasteiger partial charge is 0.418 e. The second-order valence-electron chi connectivity index (χ2n) is 2.06. The fraction of sp³-hybridized carbons (Fsp3) is 0. The molecule has 0 spiro atoms. The molecule has 0 amide bonds. The highest BCUT2D eigenvalue weighted by molar-refractivity contribution is 7.71. The van der Waals surface area contributed by atoms with Gasteiger partial charge in [-0.2, -0.15) is 0 Å². The van der Waals surface area contributed by atoms with Gasteiger partial charge >= 0.3 is 5.76 Å². The lowest BCUT2D eigenvalue weighted by molar-refractivity contribution is 0.554. The zero-order chi connectivity index (χ0) is 7.84. The van der Waals surface area contributed by atoms with Gasteiger partial charge in [-0.15, -0.1) is 0 Å². The molecule has 0 unspecified atom stereocenters. The molecule has 0 saturated carbocycles. The average molecular weight is 168 g/mol. The number of nitrogens with one attached hydrogen (secondary N) is 2. The van der Waals surface area contributed by atoms with Gasteiger partial charge in [0, 0.05) is 6.20 Å². The maximum absolute atomic E-state index is 10.7. The summed E-state index contributed by atoms with van der Waals surface area (Å²) in [6.45, 7) is 0. The van der Waals surface area contributed by atoms with Crippen LogP contribution in [0, 0.1) is 4.51 Å². The van der Waals surface area contributed by atoms with E-state index in [-0.39, 0.29) is 0 Å². The molecule has 0 bridgehead atoms. The molecule has 0 aliphatic rings. The Kier molecular flexibility index (Phi) is 1.19. The Hall–Kier alpha value is -1.36. The van der Waals surface area contributed by atoms with Crippen molar-refractivity contribution >= 4 is 23.4 Å². The van der Waals surface area contributed by atoms with Gasteiger partial charge in [0.25, 0.3) is 0 Å². The standard InChI is InChI=1S/C6H4N2O2S/c9-6-8-5-4(10-6)3(11)1-2-7-5/h1-2H,(H2,7,8,9,11). The Bertz CT molecular complexity index is 493. The Balaban J connectivity index is 3.14. The molecule has 2 heterocycles. The number of H-pyrrole nitrogens is 2. The molecule has 0 fully saturated rings. The van der Waals surface area contributed by atoms with E-state index in [1.54, 1.807) is 12.3 Å². The van der Waals surface area contributed by atoms with E-state index in [9.17, 15) is 4.79 Å². The molecule has 0 aromatic carbocycles. The van der Waals surface area contributed by atoms with E-state index in [2.05, 4.69) is 9.97 Å². The van der Waals surface area contributed by atoms with Crippen molar-refractivity contribution in [2.75, 3.05) is 0 Å². The van der Waals surface area contributed by atoms with Gasteiger partial charge in [-0.1, -0.05) is 12.2 Å². The molecule has 0 saturated heterocycles. The van der Waals surface area contributed by atoms with Crippen LogP contribution in [0.1, 0.15) is 0 Å². The first-order chi connectivity index (χ1) is 5.27. The van der Waals surface area contributed by atoms with E-state index < -0.39 is 5.76 Å². The number of oxazole rings is 1. The molecule has 2 rings (SSSR count). The van der Waals surface area contributed by atoms with Crippen molar-refractivity contribution in [3.05, 3.63) is 27.3 Å². The van der Waals surface area contributed by atoms with Crippen LogP contribution in [0.2, 0.25) is 0 Å². The molecule has 5 heteroatoms. The minimum Gasteiger partial charge on any atom is -0.405 e. The summed E-state index contributed by atoms with van der Waals surface area (Å²) in [7, 11) is 0. The number of rotatable bonds is 0. The predicted molar refractivity (Wildman–Crippen MR) is 42.0 cm³/mol. The molecular weight excluding hydrogens is 164 g/mol. The van der Waals surface area contributed by atoms with Gasteiger partial charge in [-0.05, 0) is 6.07 Å². The van der Waals surface area contributed by atoms with Gasteiger partial charge in [0.15, 0.2) is 11.2 Å². The van der Waals surface area contributed by atoms with Crippen LogP contribution in [-0.4, -0.2) is 9.97 Å². The molecule has 4 nitrogen and oxygen atoms in total. The quantitative estimate of drug-likeness (QED) is 0.580. The number of hydrogen-bond donors (Lipinski definition) is 2. The van der Waals surface area contributed by atoms with E-state index >= 15 is 0 Å². The summed E-state index contributed by atoms with van der Waals surface area (Å²) >= 11 is 4.89. The Labute approximate surface area is 65.9 Å². The number of pyridine rings is 1. The van der Waals surface area contributed by atoms with Gasteiger partial charge in [0.05, 0.1) is 4.51 Å². The summed E-state index contributed by atoms with van der Waals surface area (Å²) in [6.07, 6.45) is 1.65. The predicted octanol–water partition coefficient (Wildman–Crippen LogP) is 1.18. The number of hydrogen-bond acceptors (Lipinski definition) is 3. The normalized spacial score (nSPS) is 10.5. The third kappa shape index (κ3) is 0.894. The Morgan fingerprint density at radius 3 is 3.09 bits per heavy atom. The van der Waals surface area contributed by atoms with Crippen LogP contribution in [0.3, 0.4) is 0 Å². The smallest absolute Gasteiger partial charge is 0.405 e. The van der Waals surface area contributed by atoms with Gasteiger partial charge < -0.3 is 9.40 Å². The third-order valence-electron chi connectivity index (χ3n) is 1.34. The van der Waals surface area contributed by atoms with Crippen molar-refractivity contribution in [2.45, 2.75) is 0 Å². The van der Waals surface area contributed by atoms with E-state index in [1.807, 2.05) is 0 Å². The third-order valence-corrected chi connectivity index (χ3v) is 1.66. The van der Waals surface area contributed by atoms with Crippen LogP contribution in [0.5, 0.6) is 0 Å². The molecule has 56 valence electrons. The van der Waals surface area contributed by atoms with Gasteiger partial charge in [0.2, 0.25) is 0 Å². The highest BCUT2D eigenvalue weighted by atomic mass is 32.1. The van der Waals surface area contributed by atoms with E-state index in [0.717, 1.165) is 0 Å². The summed E-state index contributed by atoms with van der Waals surface area (Å²) in [5, 5.41) is 0. The minimum absolute atomic E-state index is 0.410. The molecule has 2 aromatic rings. The van der Waals surface area contributed by atoms with Gasteiger partial charge in [-0.25, -0.2) is 4.79 Å². The van der Waals surface area contributed by atoms with Crippen molar-refractivity contribution in [1.82, 2.24) is 9.97 Å². The van der Waals surface area contributed by atoms with Crippen molar-refractivity contribution in [2.24, 2.45) is 0 Å². The molecule has 2 aromatic heterocycles. The molecule has 11 heavy (non-hydrogen) atoms. The second-order valence-corrected chi connectivity index (χ2v) is 2.50. The molecule has 2 N–H and O–H groups in total. The van der Waals surface area contributed by atoms with Crippen LogP contribution >= 0.6 is 12.2 Å². The highest BCUT2D eigenvalue weighted by Crippen LogP contribution is 2.06. The molecule has 0 atom stereocenters. The first-order valence-corrected chi connectivity index (χ1v) is 3.39. The maximum Gasteiger partial charge on any atom is 0.418 e. The number of aromatic nitrogens is 2. The van der Waals surface area contributed by atoms with Crippen LogP contribution < -0.4 is 5.76 Å². The van der Waals surface area contributed by atoms with E-state index in [1.165, 1.54) is 0 Å². The second kappa shape index (κ2) is 2.06. The summed E-state index contributed by atoms with van der Waals surface area (Å²) in [5.74, 6) is -0.492. The van der Waals surface area contributed by atoms with Crippen molar-refractivity contribution in [3.63, 3.8) is 0 Å². The molecule has 0 aliphatic heterocycles. The lowest BCUT2D eigenvalue weighted by Crippen LogP contribution is -1.93. The minimum atomic E-state index is -0.492. The number of fused-ring (bicyclic) bond motifs is 1. The summed E-state index contributed by atoms with van der Waals surface area (Å²) < 4.78 is 5.28. The zero-order valence-corrected chi connectivity index (χ0v) is 6.20. The molecule has 0 radical (unpaired) electrons. The van der Waals surface area contributed by atoms with Crippen molar-refractivity contribution in [3.8, 4) is 0 Å². The fourth-order valence-electron chi connectivity index (χ4n) is 0.880. The molecule has 0 aliphatic carbocycles. The topological polar surface area (TPSA) is 61.8 Å². The summed E-state index contributed by atoms with van der Waals surface area (Å²) in [4.78, 5) is 15.9. The summed E-state index contributed by atoms with van der Waals surface area (Å²) in [6, 6.07) is 1.66. The van der Waals surface area contributed by atoms with Crippen molar-refractivity contribution < 1.29 is 4.42 Å². The Morgan fingerprint density at radius 2 is 2.36 bits per heavy atom. The lowest BCUT2D eigenvalue weighted by atomic mass is 10.5. The van der Waals surface area contributed by atoms with Gasteiger partial charge in [0.1, 0.15) is 0 Å². The van der Waals surface area contributed by atoms with Crippen molar-refractivity contribution in [1.29, 1.82) is 0 Å². The van der Waals surface area contributed by atoms with Crippen LogP contribution in [-0.2, 0) is 0 Å². The number of aromatic amines is 2. The maximum atomic E-state index is 10.7. The van der Waals surface area contributed by atoms with Crippen LogP contribution in [0.15, 0.2) is 21.5 Å². The molecular formula is C6H4N2O2S. The Morgan fingerprint density at radius 1 is 1.55 bits per heavy atom. The zero-order valence-electron chi connectivity index (χ0n) is 5.38. The summed E-state index contributed by atoms with van der Waals surface area (Å²) in [5.41, 5.74) is 0.940.